The molecule has 0 aliphatic heterocycles. The second-order valence-corrected chi connectivity index (χ2v) is 4.70. The Morgan fingerprint density at radius 3 is 2.38 bits per heavy atom. The highest BCUT2D eigenvalue weighted by atomic mass is 35.5. The monoisotopic (exact) mass is 272 g/mol. The molecule has 0 saturated heterocycles. The molecule has 0 bridgehead atoms. The fourth-order valence-electron chi connectivity index (χ4n) is 1.10. The smallest absolute Gasteiger partial charge is 0.355 e. The lowest BCUT2D eigenvalue weighted by Crippen LogP contribution is -2.06. The number of hydrogen-bond acceptors (Lipinski definition) is 3. The average molecular weight is 273 g/mol. The van der Waals surface area contributed by atoms with Crippen molar-refractivity contribution in [2.24, 2.45) is 0 Å². The Morgan fingerprint density at radius 1 is 1.12 bits per heavy atom. The summed E-state index contributed by atoms with van der Waals surface area (Å²) < 4.78 is 5.12. The van der Waals surface area contributed by atoms with E-state index in [2.05, 4.69) is 0 Å². The van der Waals surface area contributed by atoms with Crippen LogP contribution in [0, 0.1) is 0 Å². The third kappa shape index (κ3) is 2.55. The number of ether oxygens (including phenoxy) is 1. The van der Waals surface area contributed by atoms with E-state index in [0.717, 1.165) is 0 Å². The van der Waals surface area contributed by atoms with Crippen molar-refractivity contribution in [1.82, 2.24) is 0 Å². The third-order valence-corrected chi connectivity index (χ3v) is 3.40. The molecule has 0 N–H and O–H groups in total. The molecule has 1 aromatic carbocycles. The van der Waals surface area contributed by atoms with Crippen molar-refractivity contribution < 1.29 is 9.53 Å². The maximum absolute atomic E-state index is 11.7. The van der Waals surface area contributed by atoms with Gasteiger partial charge >= 0.3 is 5.97 Å². The normalized spacial score (nSPS) is 10.1. The van der Waals surface area contributed by atoms with Gasteiger partial charge in [0, 0.05) is 5.02 Å². The first-order valence-electron chi connectivity index (χ1n) is 4.37. The van der Waals surface area contributed by atoms with Gasteiger partial charge in [0.15, 0.2) is 0 Å². The van der Waals surface area contributed by atoms with Gasteiger partial charge in [-0.2, -0.15) is 0 Å². The maximum atomic E-state index is 11.7. The van der Waals surface area contributed by atoms with E-state index in [9.17, 15) is 4.79 Å². The number of rotatable bonds is 2. The van der Waals surface area contributed by atoms with E-state index in [1.54, 1.807) is 35.7 Å². The van der Waals surface area contributed by atoms with E-state index in [4.69, 9.17) is 27.9 Å². The molecular formula is C11H6Cl2O2S. The lowest BCUT2D eigenvalue weighted by molar-refractivity contribution is 0.0740. The Balaban J connectivity index is 2.14. The minimum Gasteiger partial charge on any atom is -0.422 e. The van der Waals surface area contributed by atoms with E-state index in [1.807, 2.05) is 0 Å². The van der Waals surface area contributed by atoms with Gasteiger partial charge in [-0.3, -0.25) is 0 Å². The van der Waals surface area contributed by atoms with Crippen molar-refractivity contribution >= 4 is 40.5 Å². The number of esters is 1. The first kappa shape index (κ1) is 11.5. The summed E-state index contributed by atoms with van der Waals surface area (Å²) in [6, 6.07) is 8.22. The Kier molecular flexibility index (Phi) is 3.49. The fourth-order valence-corrected chi connectivity index (χ4v) is 2.23. The molecule has 0 saturated carbocycles. The average Bonchev–Trinajstić information content (AvgIpc) is 2.68. The van der Waals surface area contributed by atoms with Crippen LogP contribution in [-0.2, 0) is 0 Å². The molecule has 5 heteroatoms. The number of benzene rings is 1. The van der Waals surface area contributed by atoms with Gasteiger partial charge in [0.2, 0.25) is 0 Å². The highest BCUT2D eigenvalue weighted by molar-refractivity contribution is 7.12. The van der Waals surface area contributed by atoms with Crippen LogP contribution in [0.25, 0.3) is 0 Å². The number of carbonyl (C=O) groups excluding carboxylic acids is 1. The van der Waals surface area contributed by atoms with Crippen LogP contribution in [0.5, 0.6) is 5.75 Å². The van der Waals surface area contributed by atoms with Crippen LogP contribution in [0.15, 0.2) is 35.7 Å². The molecule has 0 aliphatic carbocycles. The highest BCUT2D eigenvalue weighted by Crippen LogP contribution is 2.24. The minimum atomic E-state index is -0.456. The molecule has 0 amide bonds. The number of hydrogen-bond donors (Lipinski definition) is 0. The first-order valence-corrected chi connectivity index (χ1v) is 6.01. The molecule has 82 valence electrons. The van der Waals surface area contributed by atoms with Crippen molar-refractivity contribution in [2.45, 2.75) is 0 Å². The zero-order valence-electron chi connectivity index (χ0n) is 7.94. The van der Waals surface area contributed by atoms with Gasteiger partial charge < -0.3 is 4.74 Å². The highest BCUT2D eigenvalue weighted by Gasteiger charge is 2.13. The van der Waals surface area contributed by atoms with Crippen molar-refractivity contribution in [3.05, 3.63) is 50.6 Å². The summed E-state index contributed by atoms with van der Waals surface area (Å²) in [6.07, 6.45) is 0. The van der Waals surface area contributed by atoms with Gasteiger partial charge in [-0.05, 0) is 35.7 Å². The quantitative estimate of drug-likeness (QED) is 0.603. The summed E-state index contributed by atoms with van der Waals surface area (Å²) >= 11 is 12.8. The third-order valence-electron chi connectivity index (χ3n) is 1.83. The van der Waals surface area contributed by atoms with Gasteiger partial charge in [-0.1, -0.05) is 23.2 Å². The van der Waals surface area contributed by atoms with Crippen molar-refractivity contribution in [2.75, 3.05) is 0 Å². The lowest BCUT2D eigenvalue weighted by Gasteiger charge is -2.02. The summed E-state index contributed by atoms with van der Waals surface area (Å²) in [5.41, 5.74) is 0. The van der Waals surface area contributed by atoms with Crippen molar-refractivity contribution in [3.8, 4) is 5.75 Å². The van der Waals surface area contributed by atoms with Crippen LogP contribution in [-0.4, -0.2) is 5.97 Å². The second kappa shape index (κ2) is 4.87. The van der Waals surface area contributed by atoms with Crippen LogP contribution >= 0.6 is 34.5 Å². The minimum absolute atomic E-state index is 0.400. The lowest BCUT2D eigenvalue weighted by atomic mass is 10.3. The van der Waals surface area contributed by atoms with Gasteiger partial charge in [-0.15, -0.1) is 11.3 Å². The van der Waals surface area contributed by atoms with Gasteiger partial charge in [0.05, 0.1) is 5.02 Å². The molecule has 16 heavy (non-hydrogen) atoms. The largest absolute Gasteiger partial charge is 0.422 e. The zero-order valence-corrected chi connectivity index (χ0v) is 10.3. The van der Waals surface area contributed by atoms with Crippen LogP contribution in [0.4, 0.5) is 0 Å². The number of carbonyl (C=O) groups is 1. The van der Waals surface area contributed by atoms with Crippen LogP contribution in [0.1, 0.15) is 9.67 Å². The fraction of sp³-hybridized carbons (Fsp3) is 0. The molecule has 2 aromatic rings. The summed E-state index contributed by atoms with van der Waals surface area (Å²) in [5, 5.41) is 2.73. The molecule has 0 aliphatic rings. The van der Waals surface area contributed by atoms with E-state index in [1.165, 1.54) is 11.3 Å². The molecule has 0 radical (unpaired) electrons. The molecular weight excluding hydrogens is 267 g/mol. The molecule has 1 heterocycles. The van der Waals surface area contributed by atoms with Gasteiger partial charge in [-0.25, -0.2) is 4.79 Å². The first-order chi connectivity index (χ1) is 7.66. The van der Waals surface area contributed by atoms with Crippen LogP contribution in [0.2, 0.25) is 10.0 Å². The number of halogens is 2. The van der Waals surface area contributed by atoms with Crippen LogP contribution < -0.4 is 4.74 Å². The van der Waals surface area contributed by atoms with E-state index >= 15 is 0 Å². The molecule has 2 rings (SSSR count). The summed E-state index contributed by atoms with van der Waals surface area (Å²) in [7, 11) is 0. The molecule has 0 fully saturated rings. The molecule has 0 spiro atoms. The maximum Gasteiger partial charge on any atom is 0.355 e. The van der Waals surface area contributed by atoms with E-state index < -0.39 is 5.97 Å². The summed E-state index contributed by atoms with van der Waals surface area (Å²) in [4.78, 5) is 12.1. The summed E-state index contributed by atoms with van der Waals surface area (Å²) in [6.45, 7) is 0. The Hall–Kier alpha value is -1.03. The zero-order chi connectivity index (χ0) is 11.5. The molecule has 0 atom stereocenters. The Bertz CT molecular complexity index is 505. The van der Waals surface area contributed by atoms with Crippen molar-refractivity contribution in [3.63, 3.8) is 0 Å². The van der Waals surface area contributed by atoms with Gasteiger partial charge in [0.1, 0.15) is 10.6 Å². The molecule has 0 unspecified atom stereocenters. The van der Waals surface area contributed by atoms with Crippen LogP contribution in [0.3, 0.4) is 0 Å². The van der Waals surface area contributed by atoms with Crippen molar-refractivity contribution in [1.29, 1.82) is 0 Å². The molecule has 2 nitrogen and oxygen atoms in total. The Morgan fingerprint density at radius 2 is 1.81 bits per heavy atom. The predicted octanol–water partition coefficient (Wildman–Crippen LogP) is 4.27. The Labute approximate surface area is 106 Å². The molecule has 1 aromatic heterocycles. The summed E-state index contributed by atoms with van der Waals surface area (Å²) in [5.74, 6) is -0.0128. The van der Waals surface area contributed by atoms with E-state index in [0.29, 0.717) is 20.7 Å². The number of thiophene rings is 1. The van der Waals surface area contributed by atoms with Gasteiger partial charge in [0.25, 0.3) is 0 Å². The topological polar surface area (TPSA) is 26.3 Å². The standard InChI is InChI=1S/C11H6Cl2O2S/c12-7-1-3-8(4-2-7)15-11(14)10-9(13)5-6-16-10/h1-6H. The van der Waals surface area contributed by atoms with E-state index in [-0.39, 0.29) is 0 Å². The second-order valence-electron chi connectivity index (χ2n) is 2.94. The SMILES string of the molecule is O=C(Oc1ccc(Cl)cc1)c1sccc1Cl. The predicted molar refractivity (Wildman–Crippen MR) is 65.7 cm³/mol.